The van der Waals surface area contributed by atoms with E-state index in [2.05, 4.69) is 4.74 Å². The highest BCUT2D eigenvalue weighted by Crippen LogP contribution is 2.14. The minimum atomic E-state index is -0.815. The highest BCUT2D eigenvalue weighted by Gasteiger charge is 2.25. The maximum absolute atomic E-state index is 11.7. The minimum absolute atomic E-state index is 0.0336. The second-order valence-electron chi connectivity index (χ2n) is 3.60. The molecule has 4 nitrogen and oxygen atoms in total. The quantitative estimate of drug-likeness (QED) is 0.597. The Hall–Kier alpha value is -1.36. The molecule has 0 aliphatic rings. The van der Waals surface area contributed by atoms with Gasteiger partial charge in [-0.15, -0.1) is 11.3 Å². The summed E-state index contributed by atoms with van der Waals surface area (Å²) in [6.07, 6.45) is 0. The summed E-state index contributed by atoms with van der Waals surface area (Å²) >= 11 is 1.56. The molecular weight excluding hydrogens is 226 g/mol. The van der Waals surface area contributed by atoms with Crippen molar-refractivity contribution in [2.75, 3.05) is 7.11 Å². The molecule has 0 bridgehead atoms. The van der Waals surface area contributed by atoms with Gasteiger partial charge in [0, 0.05) is 10.9 Å². The van der Waals surface area contributed by atoms with Crippen LogP contribution in [0, 0.1) is 0 Å². The Labute approximate surface area is 98.8 Å². The molecule has 16 heavy (non-hydrogen) atoms. The second kappa shape index (κ2) is 5.65. The minimum Gasteiger partial charge on any atom is -0.462 e. The molecule has 0 radical (unpaired) electrons. The van der Waals surface area contributed by atoms with Gasteiger partial charge in [0.25, 0.3) is 0 Å². The average Bonchev–Trinajstić information content (AvgIpc) is 2.76. The molecule has 0 unspecified atom stereocenters. The van der Waals surface area contributed by atoms with Crippen molar-refractivity contribution >= 4 is 23.2 Å². The molecular formula is C11H15NO3S. The number of thiophene rings is 1. The maximum atomic E-state index is 11.7. The first-order valence-corrected chi connectivity index (χ1v) is 5.85. The summed E-state index contributed by atoms with van der Waals surface area (Å²) in [7, 11) is 1.21. The first-order valence-electron chi connectivity index (χ1n) is 4.97. The smallest absolute Gasteiger partial charge is 0.396 e. The van der Waals surface area contributed by atoms with E-state index in [9.17, 15) is 9.59 Å². The molecule has 0 N–H and O–H groups in total. The van der Waals surface area contributed by atoms with E-state index in [-0.39, 0.29) is 6.04 Å². The Bertz CT molecular complexity index is 359. The van der Waals surface area contributed by atoms with Gasteiger partial charge in [-0.25, -0.2) is 4.79 Å². The van der Waals surface area contributed by atoms with Crippen LogP contribution in [0.15, 0.2) is 17.5 Å². The summed E-state index contributed by atoms with van der Waals surface area (Å²) in [6, 6.07) is 3.82. The van der Waals surface area contributed by atoms with Crippen molar-refractivity contribution < 1.29 is 14.3 Å². The fourth-order valence-electron chi connectivity index (χ4n) is 1.26. The van der Waals surface area contributed by atoms with Crippen LogP contribution in [0.1, 0.15) is 18.7 Å². The molecule has 0 saturated carbocycles. The molecule has 0 saturated heterocycles. The number of hydrogen-bond donors (Lipinski definition) is 0. The lowest BCUT2D eigenvalue weighted by molar-refractivity contribution is -0.159. The number of nitrogens with zero attached hydrogens (tertiary/aromatic N) is 1. The summed E-state index contributed by atoms with van der Waals surface area (Å²) in [5.74, 6) is -1.41. The molecule has 0 aromatic carbocycles. The zero-order valence-electron chi connectivity index (χ0n) is 9.60. The van der Waals surface area contributed by atoms with E-state index >= 15 is 0 Å². The van der Waals surface area contributed by atoms with E-state index in [1.165, 1.54) is 12.0 Å². The number of hydrogen-bond acceptors (Lipinski definition) is 4. The van der Waals surface area contributed by atoms with E-state index in [4.69, 9.17) is 0 Å². The number of methoxy groups -OCH3 is 1. The highest BCUT2D eigenvalue weighted by molar-refractivity contribution is 7.09. The van der Waals surface area contributed by atoms with Crippen molar-refractivity contribution in [3.05, 3.63) is 22.4 Å². The van der Waals surface area contributed by atoms with Gasteiger partial charge in [-0.3, -0.25) is 4.79 Å². The molecule has 1 rings (SSSR count). The monoisotopic (exact) mass is 241 g/mol. The molecule has 1 heterocycles. The summed E-state index contributed by atoms with van der Waals surface area (Å²) in [5, 5.41) is 1.94. The Balaban J connectivity index is 2.75. The number of carbonyl (C=O) groups is 2. The van der Waals surface area contributed by atoms with Crippen LogP contribution < -0.4 is 0 Å². The van der Waals surface area contributed by atoms with E-state index in [1.807, 2.05) is 31.4 Å². The largest absolute Gasteiger partial charge is 0.462 e. The van der Waals surface area contributed by atoms with E-state index in [1.54, 1.807) is 11.3 Å². The van der Waals surface area contributed by atoms with Gasteiger partial charge in [-0.1, -0.05) is 6.07 Å². The lowest BCUT2D eigenvalue weighted by atomic mass is 10.3. The third kappa shape index (κ3) is 3.06. The molecule has 0 atom stereocenters. The Morgan fingerprint density at radius 1 is 1.50 bits per heavy atom. The van der Waals surface area contributed by atoms with Crippen molar-refractivity contribution in [2.45, 2.75) is 26.4 Å². The maximum Gasteiger partial charge on any atom is 0.396 e. The first kappa shape index (κ1) is 12.7. The van der Waals surface area contributed by atoms with Crippen LogP contribution in [0.3, 0.4) is 0 Å². The van der Waals surface area contributed by atoms with Crippen molar-refractivity contribution in [3.63, 3.8) is 0 Å². The lowest BCUT2D eigenvalue weighted by Gasteiger charge is -2.24. The number of ether oxygens (including phenoxy) is 1. The van der Waals surface area contributed by atoms with Gasteiger partial charge in [0.15, 0.2) is 0 Å². The van der Waals surface area contributed by atoms with E-state index in [0.717, 1.165) is 4.88 Å². The standard InChI is InChI=1S/C11H15NO3S/c1-8(2)12(10(13)11(14)15-3)7-9-5-4-6-16-9/h4-6,8H,7H2,1-3H3. The predicted octanol–water partition coefficient (Wildman–Crippen LogP) is 1.66. The molecule has 1 aromatic rings. The van der Waals surface area contributed by atoms with Gasteiger partial charge in [0.2, 0.25) is 0 Å². The van der Waals surface area contributed by atoms with Crippen LogP contribution in [0.5, 0.6) is 0 Å². The number of esters is 1. The molecule has 0 spiro atoms. The van der Waals surface area contributed by atoms with Gasteiger partial charge < -0.3 is 9.64 Å². The summed E-state index contributed by atoms with van der Waals surface area (Å²) < 4.78 is 4.44. The molecule has 0 aliphatic heterocycles. The van der Waals surface area contributed by atoms with Gasteiger partial charge >= 0.3 is 11.9 Å². The third-order valence-corrected chi connectivity index (χ3v) is 3.01. The predicted molar refractivity (Wildman–Crippen MR) is 62.0 cm³/mol. The van der Waals surface area contributed by atoms with Crippen LogP contribution >= 0.6 is 11.3 Å². The van der Waals surface area contributed by atoms with Gasteiger partial charge in [-0.2, -0.15) is 0 Å². The summed E-state index contributed by atoms with van der Waals surface area (Å²) in [4.78, 5) is 25.4. The van der Waals surface area contributed by atoms with Gasteiger partial charge in [0.1, 0.15) is 0 Å². The van der Waals surface area contributed by atoms with E-state index in [0.29, 0.717) is 6.54 Å². The van der Waals surface area contributed by atoms with Crippen LogP contribution in [0.25, 0.3) is 0 Å². The lowest BCUT2D eigenvalue weighted by Crippen LogP contribution is -2.41. The van der Waals surface area contributed by atoms with Crippen molar-refractivity contribution in [3.8, 4) is 0 Å². The SMILES string of the molecule is COC(=O)C(=O)N(Cc1cccs1)C(C)C. The Morgan fingerprint density at radius 3 is 2.62 bits per heavy atom. The molecule has 5 heteroatoms. The Morgan fingerprint density at radius 2 is 2.19 bits per heavy atom. The average molecular weight is 241 g/mol. The third-order valence-electron chi connectivity index (χ3n) is 2.15. The van der Waals surface area contributed by atoms with Gasteiger partial charge in [0.05, 0.1) is 13.7 Å². The molecule has 0 fully saturated rings. The number of amides is 1. The number of rotatable bonds is 3. The zero-order chi connectivity index (χ0) is 12.1. The van der Waals surface area contributed by atoms with E-state index < -0.39 is 11.9 Å². The molecule has 0 aliphatic carbocycles. The fourth-order valence-corrected chi connectivity index (χ4v) is 1.97. The van der Waals surface area contributed by atoms with Crippen LogP contribution in [0.2, 0.25) is 0 Å². The number of carbonyl (C=O) groups excluding carboxylic acids is 2. The van der Waals surface area contributed by atoms with Crippen molar-refractivity contribution in [1.29, 1.82) is 0 Å². The first-order chi connectivity index (χ1) is 7.56. The summed E-state index contributed by atoms with van der Waals surface area (Å²) in [6.45, 7) is 4.19. The highest BCUT2D eigenvalue weighted by atomic mass is 32.1. The molecule has 88 valence electrons. The van der Waals surface area contributed by atoms with Crippen molar-refractivity contribution in [1.82, 2.24) is 4.90 Å². The van der Waals surface area contributed by atoms with Crippen molar-refractivity contribution in [2.24, 2.45) is 0 Å². The Kier molecular flexibility index (Phi) is 4.49. The van der Waals surface area contributed by atoms with Crippen LogP contribution in [-0.2, 0) is 20.9 Å². The topological polar surface area (TPSA) is 46.6 Å². The normalized spacial score (nSPS) is 10.2. The van der Waals surface area contributed by atoms with Gasteiger partial charge in [-0.05, 0) is 25.3 Å². The van der Waals surface area contributed by atoms with Crippen LogP contribution in [0.4, 0.5) is 0 Å². The van der Waals surface area contributed by atoms with Crippen LogP contribution in [-0.4, -0.2) is 29.9 Å². The summed E-state index contributed by atoms with van der Waals surface area (Å²) in [5.41, 5.74) is 0. The molecule has 1 amide bonds. The fraction of sp³-hybridized carbons (Fsp3) is 0.455. The second-order valence-corrected chi connectivity index (χ2v) is 4.63. The zero-order valence-corrected chi connectivity index (χ0v) is 10.4. The molecule has 1 aromatic heterocycles.